The zero-order chi connectivity index (χ0) is 13.5. The van der Waals surface area contributed by atoms with Crippen LogP contribution in [0.25, 0.3) is 0 Å². The number of piperidine rings is 1. The SMILES string of the molecule is CCc1cccc(OCCN2CCC(CO)CC2)c1. The third-order valence-electron chi connectivity index (χ3n) is 3.95. The number of benzene rings is 1. The minimum Gasteiger partial charge on any atom is -0.492 e. The standard InChI is InChI=1S/C16H25NO2/c1-2-14-4-3-5-16(12-14)19-11-10-17-8-6-15(13-18)7-9-17/h3-5,12,15,18H,2,6-11,13H2,1H3. The van der Waals surface area contributed by atoms with Crippen LogP contribution in [0.2, 0.25) is 0 Å². The van der Waals surface area contributed by atoms with Crippen LogP contribution in [-0.2, 0) is 6.42 Å². The van der Waals surface area contributed by atoms with E-state index in [0.717, 1.165) is 51.3 Å². The van der Waals surface area contributed by atoms with E-state index in [2.05, 4.69) is 30.0 Å². The fourth-order valence-corrected chi connectivity index (χ4v) is 2.54. The minimum atomic E-state index is 0.341. The lowest BCUT2D eigenvalue weighted by molar-refractivity contribution is 0.118. The molecule has 1 aromatic rings. The second-order valence-electron chi connectivity index (χ2n) is 5.32. The van der Waals surface area contributed by atoms with Crippen molar-refractivity contribution in [2.24, 2.45) is 5.92 Å². The van der Waals surface area contributed by atoms with Gasteiger partial charge in [-0.1, -0.05) is 19.1 Å². The molecule has 3 heteroatoms. The molecule has 1 aliphatic heterocycles. The van der Waals surface area contributed by atoms with Crippen LogP contribution in [0, 0.1) is 5.92 Å². The van der Waals surface area contributed by atoms with Crippen molar-refractivity contribution in [2.75, 3.05) is 32.8 Å². The average Bonchev–Trinajstić information content (AvgIpc) is 2.48. The predicted octanol–water partition coefficient (Wildman–Crippen LogP) is 2.33. The van der Waals surface area contributed by atoms with Gasteiger partial charge in [-0.05, 0) is 56.0 Å². The van der Waals surface area contributed by atoms with Crippen LogP contribution in [-0.4, -0.2) is 42.9 Å². The van der Waals surface area contributed by atoms with Crippen LogP contribution in [0.5, 0.6) is 5.75 Å². The summed E-state index contributed by atoms with van der Waals surface area (Å²) in [5.74, 6) is 1.49. The molecule has 3 nitrogen and oxygen atoms in total. The third-order valence-corrected chi connectivity index (χ3v) is 3.95. The molecular formula is C16H25NO2. The lowest BCUT2D eigenvalue weighted by Gasteiger charge is -2.30. The number of ether oxygens (including phenoxy) is 1. The van der Waals surface area contributed by atoms with Gasteiger partial charge in [-0.2, -0.15) is 0 Å². The molecule has 0 aliphatic carbocycles. The number of nitrogens with zero attached hydrogens (tertiary/aromatic N) is 1. The molecule has 1 saturated heterocycles. The summed E-state index contributed by atoms with van der Waals surface area (Å²) < 4.78 is 5.81. The van der Waals surface area contributed by atoms with Crippen LogP contribution >= 0.6 is 0 Å². The van der Waals surface area contributed by atoms with Crippen molar-refractivity contribution in [1.29, 1.82) is 0 Å². The minimum absolute atomic E-state index is 0.341. The normalized spacial score (nSPS) is 17.6. The van der Waals surface area contributed by atoms with Crippen LogP contribution in [0.1, 0.15) is 25.3 Å². The van der Waals surface area contributed by atoms with E-state index in [1.807, 2.05) is 6.07 Å². The first-order chi connectivity index (χ1) is 9.31. The van der Waals surface area contributed by atoms with Gasteiger partial charge in [0.15, 0.2) is 0 Å². The molecule has 0 saturated carbocycles. The molecule has 2 rings (SSSR count). The van der Waals surface area contributed by atoms with Gasteiger partial charge >= 0.3 is 0 Å². The Hall–Kier alpha value is -1.06. The smallest absolute Gasteiger partial charge is 0.119 e. The van der Waals surface area contributed by atoms with Crippen molar-refractivity contribution in [2.45, 2.75) is 26.2 Å². The summed E-state index contributed by atoms with van der Waals surface area (Å²) in [7, 11) is 0. The first-order valence-electron chi connectivity index (χ1n) is 7.36. The second kappa shape index (κ2) is 7.51. The maximum Gasteiger partial charge on any atom is 0.119 e. The van der Waals surface area contributed by atoms with Gasteiger partial charge in [0.2, 0.25) is 0 Å². The van der Waals surface area contributed by atoms with E-state index in [1.54, 1.807) is 0 Å². The van der Waals surface area contributed by atoms with Gasteiger partial charge in [-0.15, -0.1) is 0 Å². The highest BCUT2D eigenvalue weighted by atomic mass is 16.5. The summed E-state index contributed by atoms with van der Waals surface area (Å²) in [5.41, 5.74) is 1.32. The Kier molecular flexibility index (Phi) is 5.67. The van der Waals surface area contributed by atoms with Crippen molar-refractivity contribution >= 4 is 0 Å². The Labute approximate surface area is 116 Å². The summed E-state index contributed by atoms with van der Waals surface area (Å²) in [4.78, 5) is 2.43. The van der Waals surface area contributed by atoms with Crippen molar-refractivity contribution < 1.29 is 9.84 Å². The molecule has 1 heterocycles. The van der Waals surface area contributed by atoms with Gasteiger partial charge < -0.3 is 9.84 Å². The largest absolute Gasteiger partial charge is 0.492 e. The second-order valence-corrected chi connectivity index (χ2v) is 5.32. The first-order valence-corrected chi connectivity index (χ1v) is 7.36. The Morgan fingerprint density at radius 3 is 2.79 bits per heavy atom. The highest BCUT2D eigenvalue weighted by Gasteiger charge is 2.17. The van der Waals surface area contributed by atoms with Crippen LogP contribution in [0.3, 0.4) is 0 Å². The number of aliphatic hydroxyl groups excluding tert-OH is 1. The molecule has 1 fully saturated rings. The maximum atomic E-state index is 9.11. The van der Waals surface area contributed by atoms with E-state index in [4.69, 9.17) is 9.84 Å². The van der Waals surface area contributed by atoms with E-state index < -0.39 is 0 Å². The summed E-state index contributed by atoms with van der Waals surface area (Å²) in [5, 5.41) is 9.11. The Morgan fingerprint density at radius 2 is 2.11 bits per heavy atom. The fourth-order valence-electron chi connectivity index (χ4n) is 2.54. The Bertz CT molecular complexity index is 373. The highest BCUT2D eigenvalue weighted by molar-refractivity contribution is 5.28. The lowest BCUT2D eigenvalue weighted by Crippen LogP contribution is -2.37. The van der Waals surface area contributed by atoms with Crippen LogP contribution in [0.15, 0.2) is 24.3 Å². The molecular weight excluding hydrogens is 238 g/mol. The molecule has 0 atom stereocenters. The molecule has 0 unspecified atom stereocenters. The Balaban J connectivity index is 1.69. The number of hydrogen-bond donors (Lipinski definition) is 1. The predicted molar refractivity (Wildman–Crippen MR) is 77.6 cm³/mol. The van der Waals surface area contributed by atoms with Gasteiger partial charge in [0.1, 0.15) is 12.4 Å². The quantitative estimate of drug-likeness (QED) is 0.855. The molecule has 106 valence electrons. The van der Waals surface area contributed by atoms with Crippen molar-refractivity contribution in [3.8, 4) is 5.75 Å². The molecule has 1 aromatic carbocycles. The molecule has 0 spiro atoms. The molecule has 1 N–H and O–H groups in total. The van der Waals surface area contributed by atoms with E-state index >= 15 is 0 Å². The fraction of sp³-hybridized carbons (Fsp3) is 0.625. The van der Waals surface area contributed by atoms with Gasteiger partial charge in [-0.3, -0.25) is 4.90 Å². The number of likely N-dealkylation sites (tertiary alicyclic amines) is 1. The van der Waals surface area contributed by atoms with Gasteiger partial charge in [0.05, 0.1) is 0 Å². The van der Waals surface area contributed by atoms with Crippen molar-refractivity contribution in [3.63, 3.8) is 0 Å². The third kappa shape index (κ3) is 4.51. The molecule has 0 bridgehead atoms. The van der Waals surface area contributed by atoms with Crippen molar-refractivity contribution in [1.82, 2.24) is 4.90 Å². The first kappa shape index (κ1) is 14.4. The summed E-state index contributed by atoms with van der Waals surface area (Å²) in [6.07, 6.45) is 3.27. The maximum absolute atomic E-state index is 9.11. The van der Waals surface area contributed by atoms with Gasteiger partial charge in [0.25, 0.3) is 0 Å². The van der Waals surface area contributed by atoms with E-state index in [-0.39, 0.29) is 0 Å². The van der Waals surface area contributed by atoms with Gasteiger partial charge in [0, 0.05) is 13.2 Å². The van der Waals surface area contributed by atoms with E-state index in [1.165, 1.54) is 5.56 Å². The van der Waals surface area contributed by atoms with Gasteiger partial charge in [-0.25, -0.2) is 0 Å². The molecule has 1 aliphatic rings. The molecule has 0 radical (unpaired) electrons. The Morgan fingerprint density at radius 1 is 1.32 bits per heavy atom. The van der Waals surface area contributed by atoms with E-state index in [0.29, 0.717) is 12.5 Å². The zero-order valence-corrected chi connectivity index (χ0v) is 11.8. The topological polar surface area (TPSA) is 32.7 Å². The number of rotatable bonds is 6. The zero-order valence-electron chi connectivity index (χ0n) is 11.8. The summed E-state index contributed by atoms with van der Waals surface area (Å²) in [6, 6.07) is 8.34. The number of aryl methyl sites for hydroxylation is 1. The molecule has 19 heavy (non-hydrogen) atoms. The summed E-state index contributed by atoms with van der Waals surface area (Å²) >= 11 is 0. The molecule has 0 aromatic heterocycles. The van der Waals surface area contributed by atoms with E-state index in [9.17, 15) is 0 Å². The number of hydrogen-bond acceptors (Lipinski definition) is 3. The average molecular weight is 263 g/mol. The number of aliphatic hydroxyl groups is 1. The van der Waals surface area contributed by atoms with Crippen LogP contribution < -0.4 is 4.74 Å². The monoisotopic (exact) mass is 263 g/mol. The lowest BCUT2D eigenvalue weighted by atomic mass is 9.98. The molecule has 0 amide bonds. The summed E-state index contributed by atoms with van der Waals surface area (Å²) in [6.45, 7) is 6.40. The highest BCUT2D eigenvalue weighted by Crippen LogP contribution is 2.17. The van der Waals surface area contributed by atoms with Crippen molar-refractivity contribution in [3.05, 3.63) is 29.8 Å². The van der Waals surface area contributed by atoms with Crippen LogP contribution in [0.4, 0.5) is 0 Å².